The lowest BCUT2D eigenvalue weighted by Gasteiger charge is -2.37. The number of hydrogen-bond acceptors (Lipinski definition) is 7. The maximum absolute atomic E-state index is 13.2. The summed E-state index contributed by atoms with van der Waals surface area (Å²) in [6.45, 7) is 9.23. The molecule has 0 spiro atoms. The van der Waals surface area contributed by atoms with E-state index in [9.17, 15) is 14.4 Å². The van der Waals surface area contributed by atoms with Crippen molar-refractivity contribution in [2.45, 2.75) is 97.3 Å². The van der Waals surface area contributed by atoms with Crippen LogP contribution in [0.5, 0.6) is 0 Å². The largest absolute Gasteiger partial charge is 0.420 e. The van der Waals surface area contributed by atoms with Crippen LogP contribution < -0.4 is 11.1 Å². The first-order chi connectivity index (χ1) is 16.2. The van der Waals surface area contributed by atoms with Crippen molar-refractivity contribution in [1.82, 2.24) is 5.32 Å². The Kier molecular flexibility index (Phi) is 11.0. The predicted octanol–water partition coefficient (Wildman–Crippen LogP) is 3.63. The van der Waals surface area contributed by atoms with Crippen molar-refractivity contribution in [3.63, 3.8) is 0 Å². The van der Waals surface area contributed by atoms with Crippen LogP contribution in [-0.2, 0) is 28.6 Å². The Bertz CT molecular complexity index is 796. The molecule has 0 radical (unpaired) electrons. The van der Waals surface area contributed by atoms with Gasteiger partial charge >= 0.3 is 11.9 Å². The molecule has 8 heteroatoms. The van der Waals surface area contributed by atoms with Crippen LogP contribution >= 0.6 is 0 Å². The summed E-state index contributed by atoms with van der Waals surface area (Å²) in [5.41, 5.74) is 6.49. The SMILES string of the molecule is CCC(CC)OC1CC(C(=O)OC(OC(=O)C(N)C(C)C)c2ccccc2)CCC1NC(C)=O. The number of carbonyl (C=O) groups is 3. The van der Waals surface area contributed by atoms with Gasteiger partial charge in [-0.15, -0.1) is 0 Å². The van der Waals surface area contributed by atoms with Gasteiger partial charge in [0.15, 0.2) is 0 Å². The molecule has 1 aliphatic rings. The van der Waals surface area contributed by atoms with Crippen LogP contribution in [-0.4, -0.2) is 42.1 Å². The number of nitrogens with one attached hydrogen (secondary N) is 1. The third kappa shape index (κ3) is 8.09. The van der Waals surface area contributed by atoms with Gasteiger partial charge in [-0.1, -0.05) is 58.0 Å². The van der Waals surface area contributed by atoms with Gasteiger partial charge in [0, 0.05) is 12.5 Å². The third-order valence-electron chi connectivity index (χ3n) is 6.30. The molecular formula is C26H40N2O6. The van der Waals surface area contributed by atoms with E-state index in [2.05, 4.69) is 19.2 Å². The van der Waals surface area contributed by atoms with Gasteiger partial charge in [0.25, 0.3) is 6.29 Å². The Hall–Kier alpha value is -2.45. The Morgan fingerprint density at radius 1 is 1.06 bits per heavy atom. The van der Waals surface area contributed by atoms with Gasteiger partial charge < -0.3 is 25.3 Å². The van der Waals surface area contributed by atoms with Crippen molar-refractivity contribution in [1.29, 1.82) is 0 Å². The topological polar surface area (TPSA) is 117 Å². The molecule has 1 amide bonds. The maximum atomic E-state index is 13.2. The second-order valence-electron chi connectivity index (χ2n) is 9.32. The molecule has 8 nitrogen and oxygen atoms in total. The van der Waals surface area contributed by atoms with Crippen LogP contribution in [0.25, 0.3) is 0 Å². The molecular weight excluding hydrogens is 436 g/mol. The van der Waals surface area contributed by atoms with Crippen molar-refractivity contribution in [3.8, 4) is 0 Å². The minimum atomic E-state index is -1.18. The number of hydrogen-bond donors (Lipinski definition) is 2. The molecule has 0 aliphatic heterocycles. The monoisotopic (exact) mass is 476 g/mol. The van der Waals surface area contributed by atoms with Gasteiger partial charge in [0.2, 0.25) is 5.91 Å². The fourth-order valence-corrected chi connectivity index (χ4v) is 4.08. The second-order valence-corrected chi connectivity index (χ2v) is 9.32. The molecule has 1 aliphatic carbocycles. The summed E-state index contributed by atoms with van der Waals surface area (Å²) in [7, 11) is 0. The Balaban J connectivity index is 2.15. The van der Waals surface area contributed by atoms with Gasteiger partial charge in [-0.2, -0.15) is 0 Å². The Labute approximate surface area is 202 Å². The Morgan fingerprint density at radius 3 is 2.26 bits per heavy atom. The quantitative estimate of drug-likeness (QED) is 0.370. The van der Waals surface area contributed by atoms with Crippen molar-refractivity contribution < 1.29 is 28.6 Å². The van der Waals surface area contributed by atoms with Crippen LogP contribution in [0.15, 0.2) is 30.3 Å². The standard InChI is InChI=1S/C26H40N2O6/c1-6-20(7-2)32-22-15-19(13-14-21(22)28-17(5)29)24(30)33-26(18-11-9-8-10-12-18)34-25(31)23(27)16(3)4/h8-12,16,19-23,26H,6-7,13-15,27H2,1-5H3,(H,28,29). The molecule has 2 rings (SSSR count). The highest BCUT2D eigenvalue weighted by atomic mass is 16.7. The van der Waals surface area contributed by atoms with E-state index in [1.54, 1.807) is 24.3 Å². The third-order valence-corrected chi connectivity index (χ3v) is 6.30. The highest BCUT2D eigenvalue weighted by Gasteiger charge is 2.38. The van der Waals surface area contributed by atoms with E-state index in [1.165, 1.54) is 6.92 Å². The highest BCUT2D eigenvalue weighted by molar-refractivity contribution is 5.77. The molecule has 0 aromatic heterocycles. The van der Waals surface area contributed by atoms with E-state index in [4.69, 9.17) is 19.9 Å². The molecule has 3 N–H and O–H groups in total. The first kappa shape index (κ1) is 27.8. The molecule has 190 valence electrons. The van der Waals surface area contributed by atoms with Crippen LogP contribution in [0.1, 0.15) is 78.6 Å². The van der Waals surface area contributed by atoms with Gasteiger partial charge in [0.1, 0.15) is 6.04 Å². The van der Waals surface area contributed by atoms with Crippen molar-refractivity contribution in [2.75, 3.05) is 0 Å². The fourth-order valence-electron chi connectivity index (χ4n) is 4.08. The van der Waals surface area contributed by atoms with Crippen molar-refractivity contribution in [3.05, 3.63) is 35.9 Å². The number of benzene rings is 1. The van der Waals surface area contributed by atoms with Crippen molar-refractivity contribution in [2.24, 2.45) is 17.6 Å². The van der Waals surface area contributed by atoms with Crippen LogP contribution in [0.3, 0.4) is 0 Å². The minimum Gasteiger partial charge on any atom is -0.420 e. The van der Waals surface area contributed by atoms with Crippen LogP contribution in [0.2, 0.25) is 0 Å². The zero-order valence-corrected chi connectivity index (χ0v) is 21.0. The summed E-state index contributed by atoms with van der Waals surface area (Å²) < 4.78 is 17.5. The smallest absolute Gasteiger partial charge is 0.326 e. The van der Waals surface area contributed by atoms with Gasteiger partial charge in [0.05, 0.1) is 24.2 Å². The summed E-state index contributed by atoms with van der Waals surface area (Å²) in [6, 6.07) is 7.88. The zero-order chi connectivity index (χ0) is 25.3. The molecule has 34 heavy (non-hydrogen) atoms. The van der Waals surface area contributed by atoms with E-state index in [1.807, 2.05) is 19.9 Å². The molecule has 0 bridgehead atoms. The number of nitrogens with two attached hydrogens (primary N) is 1. The molecule has 5 unspecified atom stereocenters. The maximum Gasteiger partial charge on any atom is 0.326 e. The summed E-state index contributed by atoms with van der Waals surface area (Å²) >= 11 is 0. The summed E-state index contributed by atoms with van der Waals surface area (Å²) in [6.07, 6.45) is 1.80. The zero-order valence-electron chi connectivity index (χ0n) is 21.0. The predicted molar refractivity (Wildman–Crippen MR) is 128 cm³/mol. The van der Waals surface area contributed by atoms with Gasteiger partial charge in [-0.25, -0.2) is 0 Å². The lowest BCUT2D eigenvalue weighted by Crippen LogP contribution is -2.49. The minimum absolute atomic E-state index is 0.0478. The summed E-state index contributed by atoms with van der Waals surface area (Å²) in [4.78, 5) is 37.4. The normalized spacial score (nSPS) is 22.2. The molecule has 1 aromatic carbocycles. The molecule has 1 fully saturated rings. The van der Waals surface area contributed by atoms with E-state index >= 15 is 0 Å². The second kappa shape index (κ2) is 13.4. The van der Waals surface area contributed by atoms with E-state index in [0.29, 0.717) is 24.8 Å². The van der Waals surface area contributed by atoms with Gasteiger partial charge in [-0.05, 0) is 38.0 Å². The molecule has 0 saturated heterocycles. The Morgan fingerprint density at radius 2 is 1.71 bits per heavy atom. The van der Waals surface area contributed by atoms with Gasteiger partial charge in [-0.3, -0.25) is 14.4 Å². The average Bonchev–Trinajstić information content (AvgIpc) is 2.82. The van der Waals surface area contributed by atoms with E-state index in [0.717, 1.165) is 12.8 Å². The lowest BCUT2D eigenvalue weighted by molar-refractivity contribution is -0.196. The first-order valence-electron chi connectivity index (χ1n) is 12.3. The molecule has 1 aromatic rings. The number of ether oxygens (including phenoxy) is 3. The van der Waals surface area contributed by atoms with Crippen LogP contribution in [0, 0.1) is 11.8 Å². The van der Waals surface area contributed by atoms with E-state index < -0.39 is 30.2 Å². The summed E-state index contributed by atoms with van der Waals surface area (Å²) in [5.74, 6) is -1.76. The highest BCUT2D eigenvalue weighted by Crippen LogP contribution is 2.31. The summed E-state index contributed by atoms with van der Waals surface area (Å²) in [5, 5.41) is 2.96. The van der Waals surface area contributed by atoms with Crippen molar-refractivity contribution >= 4 is 17.8 Å². The molecule has 5 atom stereocenters. The fraction of sp³-hybridized carbons (Fsp3) is 0.654. The lowest BCUT2D eigenvalue weighted by atomic mass is 9.83. The molecule has 1 saturated carbocycles. The first-order valence-corrected chi connectivity index (χ1v) is 12.3. The number of amides is 1. The number of carbonyl (C=O) groups excluding carboxylic acids is 3. The average molecular weight is 477 g/mol. The van der Waals surface area contributed by atoms with Crippen LogP contribution in [0.4, 0.5) is 0 Å². The molecule has 0 heterocycles. The number of esters is 2. The number of rotatable bonds is 11. The van der Waals surface area contributed by atoms with E-state index in [-0.39, 0.29) is 30.1 Å².